The predicted molar refractivity (Wildman–Crippen MR) is 127 cm³/mol. The van der Waals surface area contributed by atoms with Gasteiger partial charge >= 0.3 is 0 Å². The lowest BCUT2D eigenvalue weighted by molar-refractivity contribution is -0.133. The number of carbonyl (C=O) groups excluding carboxylic acids is 2. The van der Waals surface area contributed by atoms with Gasteiger partial charge in [-0.15, -0.1) is 0 Å². The first-order valence-corrected chi connectivity index (χ1v) is 11.8. The van der Waals surface area contributed by atoms with Gasteiger partial charge in [0.05, 0.1) is 11.1 Å². The SMILES string of the molecule is Cc1noc(C)c1C(=O)N1CCC2(CC1)Cc1cccc(c1)Oc1cccc(c1)CCNC2=O. The Labute approximate surface area is 199 Å². The van der Waals surface area contributed by atoms with Crippen molar-refractivity contribution in [2.45, 2.75) is 39.5 Å². The summed E-state index contributed by atoms with van der Waals surface area (Å²) < 4.78 is 11.3. The van der Waals surface area contributed by atoms with Crippen LogP contribution in [0, 0.1) is 19.3 Å². The van der Waals surface area contributed by atoms with Crippen LogP contribution >= 0.6 is 0 Å². The molecule has 0 unspecified atom stereocenters. The van der Waals surface area contributed by atoms with Crippen molar-refractivity contribution < 1.29 is 18.8 Å². The molecule has 0 atom stereocenters. The molecule has 4 bridgehead atoms. The van der Waals surface area contributed by atoms with E-state index < -0.39 is 5.41 Å². The maximum atomic E-state index is 13.6. The zero-order chi connectivity index (χ0) is 23.7. The minimum absolute atomic E-state index is 0.0543. The van der Waals surface area contributed by atoms with Crippen LogP contribution in [0.4, 0.5) is 0 Å². The van der Waals surface area contributed by atoms with E-state index in [0.29, 0.717) is 55.9 Å². The van der Waals surface area contributed by atoms with Gasteiger partial charge in [-0.2, -0.15) is 0 Å². The van der Waals surface area contributed by atoms with Crippen molar-refractivity contribution in [3.05, 3.63) is 76.7 Å². The highest BCUT2D eigenvalue weighted by atomic mass is 16.5. The Kier molecular flexibility index (Phi) is 5.86. The topological polar surface area (TPSA) is 84.7 Å². The standard InChI is InChI=1S/C27H29N3O4/c1-18-24(19(2)34-29-18)25(31)30-13-10-27(11-14-30)17-21-6-4-8-23(16-21)33-22-7-3-5-20(15-22)9-12-28-26(27)32/h3-8,15-16H,9-14,17H2,1-2H3,(H,28,32). The average molecular weight is 460 g/mol. The Bertz CT molecular complexity index is 1200. The van der Waals surface area contributed by atoms with Crippen molar-refractivity contribution in [3.63, 3.8) is 0 Å². The number of hydrogen-bond acceptors (Lipinski definition) is 5. The summed E-state index contributed by atoms with van der Waals surface area (Å²) in [7, 11) is 0. The molecule has 3 aromatic rings. The number of aromatic nitrogens is 1. The van der Waals surface area contributed by atoms with Gasteiger partial charge in [0.2, 0.25) is 5.91 Å². The minimum atomic E-state index is -0.583. The molecule has 5 rings (SSSR count). The number of likely N-dealkylation sites (tertiary alicyclic amines) is 1. The van der Waals surface area contributed by atoms with Crippen LogP contribution in [0.2, 0.25) is 0 Å². The van der Waals surface area contributed by atoms with Crippen LogP contribution in [-0.2, 0) is 17.6 Å². The number of benzene rings is 2. The Morgan fingerprint density at radius 1 is 1.03 bits per heavy atom. The fraction of sp³-hybridized carbons (Fsp3) is 0.370. The molecule has 1 N–H and O–H groups in total. The maximum absolute atomic E-state index is 13.6. The summed E-state index contributed by atoms with van der Waals surface area (Å²) >= 11 is 0. The number of carbonyl (C=O) groups is 2. The van der Waals surface area contributed by atoms with Gasteiger partial charge in [0.1, 0.15) is 22.8 Å². The van der Waals surface area contributed by atoms with Crippen molar-refractivity contribution in [1.82, 2.24) is 15.4 Å². The number of nitrogens with one attached hydrogen (secondary N) is 1. The van der Waals surface area contributed by atoms with Gasteiger partial charge in [-0.25, -0.2) is 0 Å². The van der Waals surface area contributed by atoms with Gasteiger partial charge in [-0.05, 0) is 74.9 Å². The monoisotopic (exact) mass is 459 g/mol. The number of hydrogen-bond donors (Lipinski definition) is 1. The molecule has 2 aliphatic rings. The zero-order valence-electron chi connectivity index (χ0n) is 19.6. The molecule has 2 aliphatic heterocycles. The Morgan fingerprint density at radius 2 is 1.71 bits per heavy atom. The van der Waals surface area contributed by atoms with Gasteiger partial charge in [-0.3, -0.25) is 9.59 Å². The van der Waals surface area contributed by atoms with Crippen LogP contribution in [0.1, 0.15) is 45.8 Å². The van der Waals surface area contributed by atoms with Crippen LogP contribution in [0.5, 0.6) is 11.5 Å². The highest BCUT2D eigenvalue weighted by Crippen LogP contribution is 2.37. The highest BCUT2D eigenvalue weighted by molar-refractivity contribution is 5.96. The fourth-order valence-electron chi connectivity index (χ4n) is 5.09. The predicted octanol–water partition coefficient (Wildman–Crippen LogP) is 4.22. The third kappa shape index (κ3) is 4.30. The summed E-state index contributed by atoms with van der Waals surface area (Å²) in [6, 6.07) is 15.9. The van der Waals surface area contributed by atoms with Crippen LogP contribution < -0.4 is 10.1 Å². The van der Waals surface area contributed by atoms with E-state index in [9.17, 15) is 9.59 Å². The molecule has 0 radical (unpaired) electrons. The molecular weight excluding hydrogens is 430 g/mol. The summed E-state index contributed by atoms with van der Waals surface area (Å²) in [5, 5.41) is 7.10. The Hall–Kier alpha value is -3.61. The Balaban J connectivity index is 1.40. The minimum Gasteiger partial charge on any atom is -0.457 e. The molecule has 176 valence electrons. The first kappa shape index (κ1) is 22.2. The van der Waals surface area contributed by atoms with Crippen LogP contribution in [0.3, 0.4) is 0 Å². The first-order chi connectivity index (χ1) is 16.4. The van der Waals surface area contributed by atoms with Crippen LogP contribution in [0.15, 0.2) is 53.1 Å². The maximum Gasteiger partial charge on any atom is 0.259 e. The van der Waals surface area contributed by atoms with Crippen molar-refractivity contribution in [2.24, 2.45) is 5.41 Å². The van der Waals surface area contributed by atoms with Crippen molar-refractivity contribution in [3.8, 4) is 11.5 Å². The number of amides is 2. The summed E-state index contributed by atoms with van der Waals surface area (Å²) in [6.07, 6.45) is 2.51. The molecule has 1 spiro atoms. The largest absolute Gasteiger partial charge is 0.457 e. The third-order valence-electron chi connectivity index (χ3n) is 7.01. The quantitative estimate of drug-likeness (QED) is 0.589. The molecule has 1 saturated heterocycles. The number of rotatable bonds is 1. The van der Waals surface area contributed by atoms with Gasteiger partial charge in [-0.1, -0.05) is 29.4 Å². The number of ether oxygens (including phenoxy) is 1. The smallest absolute Gasteiger partial charge is 0.259 e. The van der Waals surface area contributed by atoms with Crippen LogP contribution in [-0.4, -0.2) is 41.5 Å². The van der Waals surface area contributed by atoms with Gasteiger partial charge in [0.25, 0.3) is 5.91 Å². The normalized spacial score (nSPS) is 17.7. The van der Waals surface area contributed by atoms with Gasteiger partial charge < -0.3 is 19.5 Å². The fourth-order valence-corrected chi connectivity index (χ4v) is 5.09. The summed E-state index contributed by atoms with van der Waals surface area (Å²) in [5.41, 5.74) is 2.71. The molecule has 3 heterocycles. The average Bonchev–Trinajstić information content (AvgIpc) is 3.17. The molecular formula is C27H29N3O4. The highest BCUT2D eigenvalue weighted by Gasteiger charge is 2.43. The lowest BCUT2D eigenvalue weighted by atomic mass is 9.72. The van der Waals surface area contributed by atoms with E-state index in [-0.39, 0.29) is 11.8 Å². The number of nitrogens with zero attached hydrogens (tertiary/aromatic N) is 2. The van der Waals surface area contributed by atoms with Gasteiger partial charge in [0.15, 0.2) is 0 Å². The molecule has 0 saturated carbocycles. The third-order valence-corrected chi connectivity index (χ3v) is 7.01. The van der Waals surface area contributed by atoms with Crippen molar-refractivity contribution in [2.75, 3.05) is 19.6 Å². The zero-order valence-corrected chi connectivity index (χ0v) is 19.6. The van der Waals surface area contributed by atoms with E-state index in [1.807, 2.05) is 53.4 Å². The number of piperidine rings is 1. The lowest BCUT2D eigenvalue weighted by Crippen LogP contribution is -2.51. The lowest BCUT2D eigenvalue weighted by Gasteiger charge is -2.41. The van der Waals surface area contributed by atoms with E-state index in [2.05, 4.69) is 10.5 Å². The molecule has 7 heteroatoms. The molecule has 1 fully saturated rings. The van der Waals surface area contributed by atoms with Gasteiger partial charge in [0, 0.05) is 19.6 Å². The summed E-state index contributed by atoms with van der Waals surface area (Å²) in [5.74, 6) is 2.06. The Morgan fingerprint density at radius 3 is 2.38 bits per heavy atom. The second kappa shape index (κ2) is 8.97. The first-order valence-electron chi connectivity index (χ1n) is 11.8. The number of fused-ring (bicyclic) bond motifs is 4. The van der Waals surface area contributed by atoms with Crippen molar-refractivity contribution >= 4 is 11.8 Å². The van der Waals surface area contributed by atoms with E-state index in [1.165, 1.54) is 0 Å². The molecule has 7 nitrogen and oxygen atoms in total. The van der Waals surface area contributed by atoms with E-state index in [1.54, 1.807) is 13.8 Å². The van der Waals surface area contributed by atoms with Crippen molar-refractivity contribution in [1.29, 1.82) is 0 Å². The number of aryl methyl sites for hydroxylation is 2. The van der Waals surface area contributed by atoms with E-state index in [0.717, 1.165) is 29.0 Å². The second-order valence-electron chi connectivity index (χ2n) is 9.35. The summed E-state index contributed by atoms with van der Waals surface area (Å²) in [4.78, 5) is 28.5. The van der Waals surface area contributed by atoms with Crippen LogP contribution in [0.25, 0.3) is 0 Å². The molecule has 2 aromatic carbocycles. The molecule has 1 aromatic heterocycles. The molecule has 34 heavy (non-hydrogen) atoms. The molecule has 0 aliphatic carbocycles. The van der Waals surface area contributed by atoms with E-state index in [4.69, 9.17) is 9.26 Å². The molecule has 2 amide bonds. The summed E-state index contributed by atoms with van der Waals surface area (Å²) in [6.45, 7) is 5.11. The van der Waals surface area contributed by atoms with E-state index >= 15 is 0 Å². The second-order valence-corrected chi connectivity index (χ2v) is 9.35.